The molecule has 0 bridgehead atoms. The Hall–Kier alpha value is 0.370. The largest absolute Gasteiger partial charge is 0.354 e. The summed E-state index contributed by atoms with van der Waals surface area (Å²) in [5.41, 5.74) is 2.14. The molecule has 13 heteroatoms. The zero-order chi connectivity index (χ0) is 20.5. The van der Waals surface area contributed by atoms with Crippen LogP contribution in [-0.2, 0) is 4.79 Å². The molecule has 0 spiro atoms. The zero-order valence-electron chi connectivity index (χ0n) is 19.6. The molecule has 3 aliphatic heterocycles. The van der Waals surface area contributed by atoms with Crippen molar-refractivity contribution in [2.75, 3.05) is 55.8 Å². The maximum Gasteiger partial charge on any atom is 0.240 e. The van der Waals surface area contributed by atoms with Gasteiger partial charge in [0.25, 0.3) is 0 Å². The number of anilines is 1. The topological polar surface area (TPSA) is 56.6 Å². The van der Waals surface area contributed by atoms with Gasteiger partial charge in [0.1, 0.15) is 5.82 Å². The van der Waals surface area contributed by atoms with Crippen LogP contribution in [0.2, 0.25) is 0 Å². The molecule has 1 aromatic heterocycles. The second kappa shape index (κ2) is 16.4. The third kappa shape index (κ3) is 8.18. The van der Waals surface area contributed by atoms with Crippen molar-refractivity contribution in [3.05, 3.63) is 42.1 Å². The quantitative estimate of drug-likeness (QED) is 0.492. The van der Waals surface area contributed by atoms with Gasteiger partial charge in [-0.1, -0.05) is 18.2 Å². The molecule has 3 fully saturated rings. The maximum absolute atomic E-state index is 12.7. The van der Waals surface area contributed by atoms with Crippen molar-refractivity contribution in [1.82, 2.24) is 24.9 Å². The van der Waals surface area contributed by atoms with Gasteiger partial charge in [-0.3, -0.25) is 9.69 Å². The van der Waals surface area contributed by atoms with E-state index in [1.165, 1.54) is 5.82 Å². The summed E-state index contributed by atoms with van der Waals surface area (Å²) in [6, 6.07) is 13.0. The van der Waals surface area contributed by atoms with E-state index in [0.29, 0.717) is 11.9 Å². The summed E-state index contributed by atoms with van der Waals surface area (Å²) in [6.07, 6.45) is 0.932. The van der Waals surface area contributed by atoms with Gasteiger partial charge in [0, 0.05) is 57.1 Å². The molecule has 4 heterocycles. The molecular formula is C22H35Br5N6OS. The Kier molecular flexibility index (Phi) is 16.5. The Labute approximate surface area is 264 Å². The van der Waals surface area contributed by atoms with Crippen LogP contribution in [0.25, 0.3) is 5.69 Å². The summed E-state index contributed by atoms with van der Waals surface area (Å²) in [5, 5.41) is 8.21. The lowest BCUT2D eigenvalue weighted by Crippen LogP contribution is -2.51. The molecule has 2 unspecified atom stereocenters. The van der Waals surface area contributed by atoms with Crippen LogP contribution >= 0.6 is 96.7 Å². The van der Waals surface area contributed by atoms with Gasteiger partial charge < -0.3 is 15.1 Å². The first-order chi connectivity index (χ1) is 14.7. The molecule has 2 atom stereocenters. The molecule has 0 saturated carbocycles. The SMILES string of the molecule is Br.Br.Br.Br.Br.Cc1cc(N2CCN(C3CNC(C(=O)N4CCSC4)C3)CC2)n(-c2ccccc2)n1. The zero-order valence-corrected chi connectivity index (χ0v) is 29.0. The molecular weight excluding hydrogens is 796 g/mol. The van der Waals surface area contributed by atoms with Gasteiger partial charge in [-0.15, -0.1) is 96.7 Å². The average molecular weight is 831 g/mol. The van der Waals surface area contributed by atoms with Crippen LogP contribution in [0.3, 0.4) is 0 Å². The highest BCUT2D eigenvalue weighted by atomic mass is 79.9. The number of benzene rings is 1. The molecule has 1 N–H and O–H groups in total. The van der Waals surface area contributed by atoms with Gasteiger partial charge in [-0.2, -0.15) is 5.10 Å². The van der Waals surface area contributed by atoms with Crippen LogP contribution in [-0.4, -0.2) is 88.5 Å². The van der Waals surface area contributed by atoms with Crippen LogP contribution in [0.5, 0.6) is 0 Å². The van der Waals surface area contributed by atoms with E-state index in [2.05, 4.69) is 57.1 Å². The number of amides is 1. The van der Waals surface area contributed by atoms with Crippen molar-refractivity contribution >= 4 is 108 Å². The van der Waals surface area contributed by atoms with Gasteiger partial charge in [0.05, 0.1) is 23.3 Å². The molecule has 0 radical (unpaired) electrons. The number of nitrogens with one attached hydrogen (secondary N) is 1. The van der Waals surface area contributed by atoms with E-state index in [0.717, 1.165) is 68.7 Å². The first kappa shape index (κ1) is 35.4. The molecule has 0 aliphatic carbocycles. The summed E-state index contributed by atoms with van der Waals surface area (Å²) in [7, 11) is 0. The Morgan fingerprint density at radius 3 is 2.31 bits per heavy atom. The van der Waals surface area contributed by atoms with E-state index < -0.39 is 0 Å². The standard InChI is InChI=1S/C22H30N6OS.5BrH/c1-17-13-21(28(24-17)18-5-3-2-4-6-18)26-9-7-25(8-10-26)19-14-20(23-15-19)22(29)27-11-12-30-16-27;;;;;/h2-6,13,19-20,23H,7-12,14-16H2,1H3;5*1H. The van der Waals surface area contributed by atoms with E-state index in [1.807, 2.05) is 22.7 Å². The summed E-state index contributed by atoms with van der Waals surface area (Å²) < 4.78 is 2.06. The lowest BCUT2D eigenvalue weighted by atomic mass is 10.1. The van der Waals surface area contributed by atoms with Crippen LogP contribution in [0.4, 0.5) is 5.82 Å². The summed E-state index contributed by atoms with van der Waals surface area (Å²) >= 11 is 1.85. The monoisotopic (exact) mass is 826 g/mol. The first-order valence-corrected chi connectivity index (χ1v) is 12.1. The van der Waals surface area contributed by atoms with Crippen molar-refractivity contribution in [1.29, 1.82) is 0 Å². The van der Waals surface area contributed by atoms with E-state index >= 15 is 0 Å². The Bertz CT molecular complexity index is 894. The number of aryl methyl sites for hydroxylation is 1. The predicted molar refractivity (Wildman–Crippen MR) is 173 cm³/mol. The number of hydrogen-bond donors (Lipinski definition) is 1. The minimum absolute atomic E-state index is 0. The van der Waals surface area contributed by atoms with Crippen molar-refractivity contribution in [2.24, 2.45) is 0 Å². The molecule has 2 aromatic rings. The number of halogens is 5. The highest BCUT2D eigenvalue weighted by Gasteiger charge is 2.36. The van der Waals surface area contributed by atoms with Gasteiger partial charge in [-0.05, 0) is 25.5 Å². The van der Waals surface area contributed by atoms with Crippen LogP contribution in [0.1, 0.15) is 12.1 Å². The lowest BCUT2D eigenvalue weighted by Gasteiger charge is -2.38. The third-order valence-corrected chi connectivity index (χ3v) is 7.40. The molecule has 1 aromatic carbocycles. The number of aromatic nitrogens is 2. The number of para-hydroxylation sites is 1. The maximum atomic E-state index is 12.7. The molecule has 3 aliphatic rings. The minimum atomic E-state index is -0.00566. The molecule has 35 heavy (non-hydrogen) atoms. The number of rotatable bonds is 4. The molecule has 200 valence electrons. The van der Waals surface area contributed by atoms with Crippen molar-refractivity contribution in [3.8, 4) is 5.69 Å². The third-order valence-electron chi connectivity index (χ3n) is 6.44. The molecule has 5 rings (SSSR count). The van der Waals surface area contributed by atoms with Crippen LogP contribution in [0.15, 0.2) is 36.4 Å². The predicted octanol–water partition coefficient (Wildman–Crippen LogP) is 4.46. The Morgan fingerprint density at radius 2 is 1.69 bits per heavy atom. The van der Waals surface area contributed by atoms with E-state index in [1.54, 1.807) is 0 Å². The number of nitrogens with zero attached hydrogens (tertiary/aromatic N) is 5. The fourth-order valence-electron chi connectivity index (χ4n) is 4.78. The Morgan fingerprint density at radius 1 is 1.00 bits per heavy atom. The molecule has 3 saturated heterocycles. The van der Waals surface area contributed by atoms with E-state index in [9.17, 15) is 4.79 Å². The summed E-state index contributed by atoms with van der Waals surface area (Å²) in [4.78, 5) is 19.7. The van der Waals surface area contributed by atoms with Crippen LogP contribution < -0.4 is 10.2 Å². The van der Waals surface area contributed by atoms with E-state index in [-0.39, 0.29) is 90.9 Å². The molecule has 7 nitrogen and oxygen atoms in total. The normalized spacial score (nSPS) is 21.6. The van der Waals surface area contributed by atoms with E-state index in [4.69, 9.17) is 5.10 Å². The summed E-state index contributed by atoms with van der Waals surface area (Å²) in [6.45, 7) is 7.88. The number of thioether (sulfide) groups is 1. The fourth-order valence-corrected chi connectivity index (χ4v) is 5.73. The number of piperazine rings is 1. The second-order valence-corrected chi connectivity index (χ2v) is 9.48. The highest BCUT2D eigenvalue weighted by Crippen LogP contribution is 2.25. The van der Waals surface area contributed by atoms with Crippen molar-refractivity contribution < 1.29 is 4.79 Å². The first-order valence-electron chi connectivity index (χ1n) is 10.9. The van der Waals surface area contributed by atoms with Gasteiger partial charge in [-0.25, -0.2) is 4.68 Å². The molecule has 1 amide bonds. The van der Waals surface area contributed by atoms with Gasteiger partial charge in [0.15, 0.2) is 0 Å². The minimum Gasteiger partial charge on any atom is -0.354 e. The smallest absolute Gasteiger partial charge is 0.240 e. The van der Waals surface area contributed by atoms with Crippen LogP contribution in [0, 0.1) is 6.92 Å². The van der Waals surface area contributed by atoms with Gasteiger partial charge >= 0.3 is 0 Å². The van der Waals surface area contributed by atoms with Gasteiger partial charge in [0.2, 0.25) is 5.91 Å². The number of carbonyl (C=O) groups is 1. The second-order valence-electron chi connectivity index (χ2n) is 8.40. The summed E-state index contributed by atoms with van der Waals surface area (Å²) in [5.74, 6) is 3.39. The average Bonchev–Trinajstić information content (AvgIpc) is 3.55. The van der Waals surface area contributed by atoms with Crippen molar-refractivity contribution in [2.45, 2.75) is 25.4 Å². The van der Waals surface area contributed by atoms with Crippen molar-refractivity contribution in [3.63, 3.8) is 0 Å². The Balaban J connectivity index is 0.00000231. The highest BCUT2D eigenvalue weighted by molar-refractivity contribution is 8.93. The fraction of sp³-hybridized carbons (Fsp3) is 0.545. The lowest BCUT2D eigenvalue weighted by molar-refractivity contribution is -0.131. The number of carbonyl (C=O) groups excluding carboxylic acids is 1. The number of hydrogen-bond acceptors (Lipinski definition) is 6.